The van der Waals surface area contributed by atoms with Crippen molar-refractivity contribution >= 4 is 28.2 Å². The second kappa shape index (κ2) is 8.62. The molecule has 0 atom stereocenters. The van der Waals surface area contributed by atoms with E-state index in [1.165, 1.54) is 4.88 Å². The fourth-order valence-electron chi connectivity index (χ4n) is 3.99. The number of aryl methyl sites for hydroxylation is 1. The maximum Gasteiger partial charge on any atom is 0.254 e. The Balaban J connectivity index is 1.72. The quantitative estimate of drug-likeness (QED) is 0.644. The number of rotatable bonds is 5. The van der Waals surface area contributed by atoms with E-state index in [2.05, 4.69) is 10.6 Å². The van der Waals surface area contributed by atoms with Crippen molar-refractivity contribution in [3.05, 3.63) is 87.8 Å². The standard InChI is InChI=1S/C24H24N2O2S/c1-25-22(27)21-18-14-8-9-15-19(18)29-24(21)26-23(28)20(16-10-4-2-5-11-16)17-12-6-3-7-13-17/h2-7,10-13,20H,8-9,14-15H2,1H3,(H,25,27)(H,26,28). The highest BCUT2D eigenvalue weighted by atomic mass is 32.1. The van der Waals surface area contributed by atoms with Crippen molar-refractivity contribution in [1.82, 2.24) is 5.32 Å². The fourth-order valence-corrected chi connectivity index (χ4v) is 5.28. The summed E-state index contributed by atoms with van der Waals surface area (Å²) < 4.78 is 0. The predicted octanol–water partition coefficient (Wildman–Crippen LogP) is 4.76. The largest absolute Gasteiger partial charge is 0.355 e. The summed E-state index contributed by atoms with van der Waals surface area (Å²) in [6, 6.07) is 19.5. The highest BCUT2D eigenvalue weighted by molar-refractivity contribution is 7.17. The van der Waals surface area contributed by atoms with Crippen molar-refractivity contribution in [3.63, 3.8) is 0 Å². The summed E-state index contributed by atoms with van der Waals surface area (Å²) in [5, 5.41) is 6.50. The number of hydrogen-bond acceptors (Lipinski definition) is 3. The van der Waals surface area contributed by atoms with Crippen molar-refractivity contribution in [1.29, 1.82) is 0 Å². The third-order valence-corrected chi connectivity index (χ3v) is 6.60. The lowest BCUT2D eigenvalue weighted by molar-refractivity contribution is -0.116. The molecule has 0 unspecified atom stereocenters. The summed E-state index contributed by atoms with van der Waals surface area (Å²) in [5.41, 5.74) is 3.60. The minimum atomic E-state index is -0.436. The first-order chi connectivity index (χ1) is 14.2. The molecule has 148 valence electrons. The van der Waals surface area contributed by atoms with Crippen LogP contribution in [0.5, 0.6) is 0 Å². The zero-order valence-electron chi connectivity index (χ0n) is 16.4. The van der Waals surface area contributed by atoms with Crippen LogP contribution in [0, 0.1) is 0 Å². The molecule has 0 radical (unpaired) electrons. The van der Waals surface area contributed by atoms with E-state index in [-0.39, 0.29) is 11.8 Å². The fraction of sp³-hybridized carbons (Fsp3) is 0.250. The molecule has 4 rings (SSSR count). The van der Waals surface area contributed by atoms with Crippen molar-refractivity contribution in [3.8, 4) is 0 Å². The zero-order valence-corrected chi connectivity index (χ0v) is 17.2. The number of thiophene rings is 1. The number of nitrogens with one attached hydrogen (secondary N) is 2. The van der Waals surface area contributed by atoms with Crippen LogP contribution in [0.25, 0.3) is 0 Å². The molecule has 0 spiro atoms. The molecule has 1 aromatic heterocycles. The second-order valence-electron chi connectivity index (χ2n) is 7.24. The lowest BCUT2D eigenvalue weighted by Gasteiger charge is -2.18. The third-order valence-electron chi connectivity index (χ3n) is 5.39. The minimum Gasteiger partial charge on any atom is -0.355 e. The van der Waals surface area contributed by atoms with Gasteiger partial charge in [0.05, 0.1) is 11.5 Å². The molecule has 0 fully saturated rings. The van der Waals surface area contributed by atoms with Gasteiger partial charge in [-0.1, -0.05) is 60.7 Å². The van der Waals surface area contributed by atoms with Gasteiger partial charge in [-0.25, -0.2) is 0 Å². The van der Waals surface area contributed by atoms with Crippen molar-refractivity contribution in [2.45, 2.75) is 31.6 Å². The number of anilines is 1. The average molecular weight is 405 g/mol. The molecule has 4 nitrogen and oxygen atoms in total. The Hall–Kier alpha value is -2.92. The van der Waals surface area contributed by atoms with Gasteiger partial charge in [-0.15, -0.1) is 11.3 Å². The topological polar surface area (TPSA) is 58.2 Å². The number of fused-ring (bicyclic) bond motifs is 1. The van der Waals surface area contributed by atoms with Gasteiger partial charge in [0.25, 0.3) is 5.91 Å². The second-order valence-corrected chi connectivity index (χ2v) is 8.34. The summed E-state index contributed by atoms with van der Waals surface area (Å²) in [6.07, 6.45) is 4.08. The summed E-state index contributed by atoms with van der Waals surface area (Å²) in [6.45, 7) is 0. The van der Waals surface area contributed by atoms with Crippen LogP contribution in [-0.2, 0) is 17.6 Å². The molecule has 29 heavy (non-hydrogen) atoms. The molecule has 1 heterocycles. The van der Waals surface area contributed by atoms with E-state index in [1.807, 2.05) is 60.7 Å². The Morgan fingerprint density at radius 3 is 2.07 bits per heavy atom. The maximum absolute atomic E-state index is 13.5. The first kappa shape index (κ1) is 19.4. The highest BCUT2D eigenvalue weighted by Gasteiger charge is 2.29. The van der Waals surface area contributed by atoms with E-state index in [0.717, 1.165) is 42.4 Å². The van der Waals surface area contributed by atoms with Crippen molar-refractivity contribution in [2.75, 3.05) is 12.4 Å². The molecule has 1 aliphatic rings. The minimum absolute atomic E-state index is 0.119. The Morgan fingerprint density at radius 1 is 0.897 bits per heavy atom. The van der Waals surface area contributed by atoms with Gasteiger partial charge < -0.3 is 10.6 Å². The Bertz CT molecular complexity index is 973. The maximum atomic E-state index is 13.5. The van der Waals surface area contributed by atoms with Gasteiger partial charge in [0.2, 0.25) is 5.91 Å². The highest BCUT2D eigenvalue weighted by Crippen LogP contribution is 2.39. The molecule has 0 aliphatic heterocycles. The van der Waals surface area contributed by atoms with Gasteiger partial charge in [0, 0.05) is 11.9 Å². The predicted molar refractivity (Wildman–Crippen MR) is 118 cm³/mol. The Morgan fingerprint density at radius 2 is 1.48 bits per heavy atom. The van der Waals surface area contributed by atoms with Crippen LogP contribution < -0.4 is 10.6 Å². The van der Waals surface area contributed by atoms with E-state index in [4.69, 9.17) is 0 Å². The van der Waals surface area contributed by atoms with Gasteiger partial charge in [0.15, 0.2) is 0 Å². The molecule has 2 N–H and O–H groups in total. The monoisotopic (exact) mass is 404 g/mol. The molecule has 0 saturated heterocycles. The molecule has 1 aliphatic carbocycles. The SMILES string of the molecule is CNC(=O)c1c(NC(=O)C(c2ccccc2)c2ccccc2)sc2c1CCCC2. The van der Waals surface area contributed by atoms with Crippen molar-refractivity contribution in [2.24, 2.45) is 0 Å². The van der Waals surface area contributed by atoms with Crippen LogP contribution in [-0.4, -0.2) is 18.9 Å². The summed E-state index contributed by atoms with van der Waals surface area (Å²) in [4.78, 5) is 27.3. The van der Waals surface area contributed by atoms with E-state index < -0.39 is 5.92 Å². The zero-order chi connectivity index (χ0) is 20.2. The van der Waals surface area contributed by atoms with Gasteiger partial charge >= 0.3 is 0 Å². The molecule has 3 aromatic rings. The van der Waals surface area contributed by atoms with Gasteiger partial charge in [-0.3, -0.25) is 9.59 Å². The molecular formula is C24H24N2O2S. The van der Waals surface area contributed by atoms with Crippen LogP contribution in [0.15, 0.2) is 60.7 Å². The van der Waals surface area contributed by atoms with Gasteiger partial charge in [0.1, 0.15) is 5.00 Å². The Kier molecular flexibility index (Phi) is 5.76. The molecular weight excluding hydrogens is 380 g/mol. The lowest BCUT2D eigenvalue weighted by Crippen LogP contribution is -2.25. The molecule has 0 saturated carbocycles. The number of carbonyl (C=O) groups excluding carboxylic acids is 2. The van der Waals surface area contributed by atoms with Crippen LogP contribution in [0.4, 0.5) is 5.00 Å². The normalized spacial score (nSPS) is 13.0. The van der Waals surface area contributed by atoms with Gasteiger partial charge in [-0.2, -0.15) is 0 Å². The molecule has 2 aromatic carbocycles. The summed E-state index contributed by atoms with van der Waals surface area (Å²) >= 11 is 1.55. The first-order valence-electron chi connectivity index (χ1n) is 9.96. The van der Waals surface area contributed by atoms with Gasteiger partial charge in [-0.05, 0) is 42.4 Å². The molecule has 5 heteroatoms. The Labute approximate surface area is 175 Å². The van der Waals surface area contributed by atoms with E-state index in [9.17, 15) is 9.59 Å². The van der Waals surface area contributed by atoms with Crippen LogP contribution >= 0.6 is 11.3 Å². The molecule has 0 bridgehead atoms. The van der Waals surface area contributed by atoms with E-state index in [1.54, 1.807) is 18.4 Å². The van der Waals surface area contributed by atoms with Crippen LogP contribution in [0.2, 0.25) is 0 Å². The number of benzene rings is 2. The average Bonchev–Trinajstić information content (AvgIpc) is 3.12. The lowest BCUT2D eigenvalue weighted by atomic mass is 9.90. The summed E-state index contributed by atoms with van der Waals surface area (Å²) in [7, 11) is 1.64. The number of amides is 2. The number of hydrogen-bond donors (Lipinski definition) is 2. The molecule has 2 amide bonds. The van der Waals surface area contributed by atoms with Crippen molar-refractivity contribution < 1.29 is 9.59 Å². The van der Waals surface area contributed by atoms with E-state index >= 15 is 0 Å². The first-order valence-corrected chi connectivity index (χ1v) is 10.8. The van der Waals surface area contributed by atoms with Crippen LogP contribution in [0.3, 0.4) is 0 Å². The van der Waals surface area contributed by atoms with Crippen LogP contribution in [0.1, 0.15) is 50.7 Å². The third kappa shape index (κ3) is 3.96. The smallest absolute Gasteiger partial charge is 0.254 e. The summed E-state index contributed by atoms with van der Waals surface area (Å²) in [5.74, 6) is -0.684. The van der Waals surface area contributed by atoms with E-state index in [0.29, 0.717) is 10.6 Å². The number of carbonyl (C=O) groups is 2.